The van der Waals surface area contributed by atoms with Crippen LogP contribution in [0.4, 0.5) is 0 Å². The topological polar surface area (TPSA) is 42.7 Å². The van der Waals surface area contributed by atoms with Gasteiger partial charge in [-0.15, -0.1) is 0 Å². The molecule has 0 amide bonds. The van der Waals surface area contributed by atoms with E-state index < -0.39 is 0 Å². The van der Waals surface area contributed by atoms with E-state index in [1.807, 2.05) is 30.9 Å². The molecule has 5 heteroatoms. The summed E-state index contributed by atoms with van der Waals surface area (Å²) in [6.45, 7) is 7.23. The van der Waals surface area contributed by atoms with Crippen molar-refractivity contribution in [2.24, 2.45) is 7.05 Å². The van der Waals surface area contributed by atoms with E-state index in [0.29, 0.717) is 6.04 Å². The van der Waals surface area contributed by atoms with Crippen LogP contribution in [0.5, 0.6) is 0 Å². The number of pyridine rings is 1. The van der Waals surface area contributed by atoms with Crippen LogP contribution in [0.3, 0.4) is 0 Å². The van der Waals surface area contributed by atoms with E-state index in [1.165, 1.54) is 5.56 Å². The molecule has 1 atom stereocenters. The fourth-order valence-corrected chi connectivity index (χ4v) is 3.09. The van der Waals surface area contributed by atoms with Crippen LogP contribution in [-0.2, 0) is 7.05 Å². The molecule has 2 rings (SSSR count). The number of hydrogen-bond acceptors (Lipinski definition) is 4. The zero-order chi connectivity index (χ0) is 13.8. The maximum absolute atomic E-state index is 4.51. The lowest BCUT2D eigenvalue weighted by Gasteiger charge is -2.15. The van der Waals surface area contributed by atoms with Crippen molar-refractivity contribution in [2.75, 3.05) is 6.54 Å². The highest BCUT2D eigenvalue weighted by Crippen LogP contribution is 2.31. The van der Waals surface area contributed by atoms with Gasteiger partial charge in [-0.25, -0.2) is 4.98 Å². The maximum atomic E-state index is 4.51. The Hall–Kier alpha value is -1.33. The Balaban J connectivity index is 2.27. The van der Waals surface area contributed by atoms with E-state index in [4.69, 9.17) is 0 Å². The minimum atomic E-state index is 0.301. The summed E-state index contributed by atoms with van der Waals surface area (Å²) in [5.41, 5.74) is 2.26. The Labute approximate surface area is 118 Å². The second-order valence-corrected chi connectivity index (χ2v) is 5.54. The van der Waals surface area contributed by atoms with E-state index >= 15 is 0 Å². The molecule has 4 nitrogen and oxygen atoms in total. The third-order valence-corrected chi connectivity index (χ3v) is 4.06. The van der Waals surface area contributed by atoms with Gasteiger partial charge >= 0.3 is 0 Å². The van der Waals surface area contributed by atoms with Crippen LogP contribution in [0.15, 0.2) is 34.4 Å². The molecule has 2 heterocycles. The van der Waals surface area contributed by atoms with E-state index in [0.717, 1.165) is 22.3 Å². The van der Waals surface area contributed by atoms with Crippen LogP contribution in [0.2, 0.25) is 0 Å². The molecule has 1 unspecified atom stereocenters. The average Bonchev–Trinajstić information content (AvgIpc) is 2.69. The molecule has 1 N–H and O–H groups in total. The predicted octanol–water partition coefficient (Wildman–Crippen LogP) is 2.95. The van der Waals surface area contributed by atoms with Crippen molar-refractivity contribution in [3.63, 3.8) is 0 Å². The molecule has 2 aromatic heterocycles. The molecule has 0 aromatic carbocycles. The Morgan fingerprint density at radius 1 is 1.47 bits per heavy atom. The Kier molecular flexibility index (Phi) is 4.61. The predicted molar refractivity (Wildman–Crippen MR) is 78.4 cm³/mol. The molecule has 0 radical (unpaired) electrons. The SMILES string of the molecule is CCNC(C)c1cccnc1Sc1cc(C)nn1C. The van der Waals surface area contributed by atoms with Crippen molar-refractivity contribution < 1.29 is 0 Å². The third-order valence-electron chi connectivity index (χ3n) is 2.94. The van der Waals surface area contributed by atoms with Gasteiger partial charge in [0.05, 0.1) is 5.69 Å². The first kappa shape index (κ1) is 14.1. The van der Waals surface area contributed by atoms with Crippen molar-refractivity contribution in [3.8, 4) is 0 Å². The largest absolute Gasteiger partial charge is 0.310 e. The van der Waals surface area contributed by atoms with E-state index in [-0.39, 0.29) is 0 Å². The summed E-state index contributed by atoms with van der Waals surface area (Å²) in [7, 11) is 1.96. The fraction of sp³-hybridized carbons (Fsp3) is 0.429. The van der Waals surface area contributed by atoms with Crippen molar-refractivity contribution >= 4 is 11.8 Å². The molecule has 0 aliphatic rings. The van der Waals surface area contributed by atoms with Gasteiger partial charge < -0.3 is 5.32 Å². The maximum Gasteiger partial charge on any atom is 0.107 e. The lowest BCUT2D eigenvalue weighted by Crippen LogP contribution is -2.18. The number of hydrogen-bond donors (Lipinski definition) is 1. The van der Waals surface area contributed by atoms with Crippen LogP contribution >= 0.6 is 11.8 Å². The lowest BCUT2D eigenvalue weighted by molar-refractivity contribution is 0.584. The number of nitrogens with one attached hydrogen (secondary N) is 1. The van der Waals surface area contributed by atoms with Crippen molar-refractivity contribution in [2.45, 2.75) is 36.9 Å². The summed E-state index contributed by atoms with van der Waals surface area (Å²) in [6, 6.07) is 6.50. The zero-order valence-electron chi connectivity index (χ0n) is 11.8. The first-order valence-corrected chi connectivity index (χ1v) is 7.30. The van der Waals surface area contributed by atoms with Gasteiger partial charge in [0, 0.05) is 24.8 Å². The highest BCUT2D eigenvalue weighted by Gasteiger charge is 2.13. The molecular weight excluding hydrogens is 256 g/mol. The number of nitrogens with zero attached hydrogens (tertiary/aromatic N) is 3. The van der Waals surface area contributed by atoms with Crippen LogP contribution in [0.25, 0.3) is 0 Å². The van der Waals surface area contributed by atoms with Crippen molar-refractivity contribution in [1.82, 2.24) is 20.1 Å². The molecule has 0 bridgehead atoms. The molecule has 0 fully saturated rings. The van der Waals surface area contributed by atoms with Gasteiger partial charge in [0.1, 0.15) is 10.1 Å². The molecule has 2 aromatic rings. The monoisotopic (exact) mass is 276 g/mol. The minimum absolute atomic E-state index is 0.301. The summed E-state index contributed by atoms with van der Waals surface area (Å²) in [6.07, 6.45) is 1.84. The molecular formula is C14H20N4S. The summed E-state index contributed by atoms with van der Waals surface area (Å²) in [4.78, 5) is 4.51. The molecule has 0 spiro atoms. The Bertz CT molecular complexity index is 550. The van der Waals surface area contributed by atoms with Crippen LogP contribution in [0.1, 0.15) is 31.1 Å². The second kappa shape index (κ2) is 6.21. The van der Waals surface area contributed by atoms with Crippen molar-refractivity contribution in [3.05, 3.63) is 35.7 Å². The summed E-state index contributed by atoms with van der Waals surface area (Å²) in [5.74, 6) is 0. The van der Waals surface area contributed by atoms with E-state index in [9.17, 15) is 0 Å². The lowest BCUT2D eigenvalue weighted by atomic mass is 10.1. The molecule has 0 aliphatic heterocycles. The van der Waals surface area contributed by atoms with Crippen molar-refractivity contribution in [1.29, 1.82) is 0 Å². The smallest absolute Gasteiger partial charge is 0.107 e. The Morgan fingerprint density at radius 3 is 2.89 bits per heavy atom. The number of rotatable bonds is 5. The molecule has 0 saturated carbocycles. The van der Waals surface area contributed by atoms with Gasteiger partial charge in [0.25, 0.3) is 0 Å². The van der Waals surface area contributed by atoms with Crippen LogP contribution in [-0.4, -0.2) is 21.3 Å². The molecule has 19 heavy (non-hydrogen) atoms. The quantitative estimate of drug-likeness (QED) is 0.912. The highest BCUT2D eigenvalue weighted by atomic mass is 32.2. The average molecular weight is 276 g/mol. The first-order chi connectivity index (χ1) is 9.11. The van der Waals surface area contributed by atoms with Gasteiger partial charge in [-0.3, -0.25) is 4.68 Å². The standard InChI is InChI=1S/C14H20N4S/c1-5-15-11(3)12-7-6-8-16-14(12)19-13-9-10(2)17-18(13)4/h6-9,11,15H,5H2,1-4H3. The number of aryl methyl sites for hydroxylation is 2. The Morgan fingerprint density at radius 2 is 2.26 bits per heavy atom. The van der Waals surface area contributed by atoms with Gasteiger partial charge in [0.2, 0.25) is 0 Å². The summed E-state index contributed by atoms with van der Waals surface area (Å²) < 4.78 is 1.90. The van der Waals surface area contributed by atoms with Gasteiger partial charge in [0.15, 0.2) is 0 Å². The fourth-order valence-electron chi connectivity index (χ4n) is 2.02. The van der Waals surface area contributed by atoms with E-state index in [2.05, 4.69) is 41.4 Å². The van der Waals surface area contributed by atoms with Gasteiger partial charge in [-0.05, 0) is 32.5 Å². The minimum Gasteiger partial charge on any atom is -0.310 e. The molecule has 0 aliphatic carbocycles. The number of aromatic nitrogens is 3. The summed E-state index contributed by atoms with van der Waals surface area (Å²) in [5, 5.41) is 9.96. The summed E-state index contributed by atoms with van der Waals surface area (Å²) >= 11 is 1.67. The first-order valence-electron chi connectivity index (χ1n) is 6.48. The molecule has 102 valence electrons. The zero-order valence-corrected chi connectivity index (χ0v) is 12.7. The van der Waals surface area contributed by atoms with Crippen LogP contribution < -0.4 is 5.32 Å². The molecule has 0 saturated heterocycles. The normalized spacial score (nSPS) is 12.6. The van der Waals surface area contributed by atoms with E-state index in [1.54, 1.807) is 11.8 Å². The van der Waals surface area contributed by atoms with Gasteiger partial charge in [-0.1, -0.05) is 24.8 Å². The van der Waals surface area contributed by atoms with Crippen LogP contribution in [0, 0.1) is 6.92 Å². The third kappa shape index (κ3) is 3.36. The second-order valence-electron chi connectivity index (χ2n) is 4.53. The highest BCUT2D eigenvalue weighted by molar-refractivity contribution is 7.99. The van der Waals surface area contributed by atoms with Gasteiger partial charge in [-0.2, -0.15) is 5.10 Å².